The molecule has 2 amide bonds. The SMILES string of the molecule is Cc1cc(C(=O)N2Cc3cnn(C)c3Cc3ccccc32)ccc1OCCCC1CCN(C(=O)OC(C)(C)C)CC1. The van der Waals surface area contributed by atoms with Gasteiger partial charge < -0.3 is 19.3 Å². The molecule has 41 heavy (non-hydrogen) atoms. The lowest BCUT2D eigenvalue weighted by atomic mass is 9.92. The minimum atomic E-state index is -0.461. The topological polar surface area (TPSA) is 76.9 Å². The Morgan fingerprint density at radius 3 is 2.54 bits per heavy atom. The third kappa shape index (κ3) is 6.75. The number of amides is 2. The molecular formula is C33H42N4O4. The Hall–Kier alpha value is -3.81. The van der Waals surface area contributed by atoms with Crippen molar-refractivity contribution in [3.63, 3.8) is 0 Å². The molecule has 0 radical (unpaired) electrons. The van der Waals surface area contributed by atoms with E-state index in [1.165, 1.54) is 0 Å². The molecular weight excluding hydrogens is 516 g/mol. The Balaban J connectivity index is 1.15. The lowest BCUT2D eigenvalue weighted by Crippen LogP contribution is -2.41. The fourth-order valence-corrected chi connectivity index (χ4v) is 5.79. The van der Waals surface area contributed by atoms with E-state index in [0.717, 1.165) is 79.0 Å². The monoisotopic (exact) mass is 558 g/mol. The number of aromatic nitrogens is 2. The maximum atomic E-state index is 13.8. The van der Waals surface area contributed by atoms with Crippen LogP contribution in [0.15, 0.2) is 48.7 Å². The first-order valence-corrected chi connectivity index (χ1v) is 14.7. The summed E-state index contributed by atoms with van der Waals surface area (Å²) in [6.45, 7) is 10.3. The zero-order chi connectivity index (χ0) is 29.1. The van der Waals surface area contributed by atoms with Gasteiger partial charge in [-0.15, -0.1) is 0 Å². The molecule has 0 spiro atoms. The largest absolute Gasteiger partial charge is 0.493 e. The summed E-state index contributed by atoms with van der Waals surface area (Å²) in [5.74, 6) is 1.38. The summed E-state index contributed by atoms with van der Waals surface area (Å²) in [5, 5.41) is 4.43. The highest BCUT2D eigenvalue weighted by molar-refractivity contribution is 6.06. The molecule has 1 fully saturated rings. The van der Waals surface area contributed by atoms with Gasteiger partial charge in [0.05, 0.1) is 19.3 Å². The summed E-state index contributed by atoms with van der Waals surface area (Å²) in [5.41, 5.74) is 5.42. The van der Waals surface area contributed by atoms with Crippen LogP contribution in [-0.4, -0.2) is 52.0 Å². The highest BCUT2D eigenvalue weighted by Crippen LogP contribution is 2.32. The first-order valence-electron chi connectivity index (χ1n) is 14.7. The van der Waals surface area contributed by atoms with Crippen molar-refractivity contribution in [2.45, 2.75) is 71.9 Å². The molecule has 3 heterocycles. The second-order valence-corrected chi connectivity index (χ2v) is 12.3. The van der Waals surface area contributed by atoms with Gasteiger partial charge in [0, 0.05) is 49.1 Å². The van der Waals surface area contributed by atoms with Crippen LogP contribution >= 0.6 is 0 Å². The molecule has 8 heteroatoms. The number of ether oxygens (including phenoxy) is 2. The van der Waals surface area contributed by atoms with Crippen LogP contribution in [0.1, 0.15) is 79.2 Å². The molecule has 0 aliphatic carbocycles. The minimum Gasteiger partial charge on any atom is -0.493 e. The van der Waals surface area contributed by atoms with Gasteiger partial charge in [-0.2, -0.15) is 5.10 Å². The smallest absolute Gasteiger partial charge is 0.410 e. The summed E-state index contributed by atoms with van der Waals surface area (Å²) in [7, 11) is 1.95. The van der Waals surface area contributed by atoms with Gasteiger partial charge in [0.2, 0.25) is 0 Å². The molecule has 0 bridgehead atoms. The van der Waals surface area contributed by atoms with E-state index >= 15 is 0 Å². The van der Waals surface area contributed by atoms with Gasteiger partial charge in [-0.1, -0.05) is 18.2 Å². The number of likely N-dealkylation sites (tertiary alicyclic amines) is 1. The van der Waals surface area contributed by atoms with Gasteiger partial charge in [-0.25, -0.2) is 4.79 Å². The number of carbonyl (C=O) groups excluding carboxylic acids is 2. The van der Waals surface area contributed by atoms with Crippen molar-refractivity contribution < 1.29 is 19.1 Å². The zero-order valence-electron chi connectivity index (χ0n) is 25.0. The van der Waals surface area contributed by atoms with Crippen molar-refractivity contribution in [3.05, 3.63) is 76.6 Å². The van der Waals surface area contributed by atoms with Crippen molar-refractivity contribution in [3.8, 4) is 5.75 Å². The first-order chi connectivity index (χ1) is 19.6. The number of anilines is 1. The van der Waals surface area contributed by atoms with Crippen molar-refractivity contribution in [2.24, 2.45) is 13.0 Å². The number of fused-ring (bicyclic) bond motifs is 2. The maximum Gasteiger partial charge on any atom is 0.410 e. The average Bonchev–Trinajstić information content (AvgIpc) is 3.18. The average molecular weight is 559 g/mol. The molecule has 218 valence electrons. The van der Waals surface area contributed by atoms with Crippen molar-refractivity contribution >= 4 is 17.7 Å². The molecule has 2 aliphatic heterocycles. The van der Waals surface area contributed by atoms with E-state index in [4.69, 9.17) is 9.47 Å². The van der Waals surface area contributed by atoms with Gasteiger partial charge >= 0.3 is 6.09 Å². The van der Waals surface area contributed by atoms with E-state index < -0.39 is 5.60 Å². The number of aryl methyl sites for hydroxylation is 2. The lowest BCUT2D eigenvalue weighted by Gasteiger charge is -2.33. The molecule has 0 atom stereocenters. The Kier molecular flexibility index (Phi) is 8.38. The third-order valence-electron chi connectivity index (χ3n) is 8.06. The molecule has 1 aromatic heterocycles. The van der Waals surface area contributed by atoms with Gasteiger partial charge in [0.1, 0.15) is 11.4 Å². The van der Waals surface area contributed by atoms with Crippen LogP contribution in [0, 0.1) is 12.8 Å². The number of carbonyl (C=O) groups is 2. The third-order valence-corrected chi connectivity index (χ3v) is 8.06. The van der Waals surface area contributed by atoms with E-state index in [2.05, 4.69) is 11.2 Å². The Morgan fingerprint density at radius 1 is 1.05 bits per heavy atom. The molecule has 3 aromatic rings. The van der Waals surface area contributed by atoms with Crippen molar-refractivity contribution in [1.29, 1.82) is 0 Å². The Bertz CT molecular complexity index is 1400. The quantitative estimate of drug-likeness (QED) is 0.333. The van der Waals surface area contributed by atoms with Gasteiger partial charge in [0.25, 0.3) is 5.91 Å². The van der Waals surface area contributed by atoms with Crippen molar-refractivity contribution in [2.75, 3.05) is 24.6 Å². The summed E-state index contributed by atoms with van der Waals surface area (Å²) < 4.78 is 13.5. The predicted molar refractivity (Wildman–Crippen MR) is 159 cm³/mol. The summed E-state index contributed by atoms with van der Waals surface area (Å²) >= 11 is 0. The standard InChI is InChI=1S/C33H42N4O4/c1-23-19-26(31(38)37-22-27-21-34-35(5)29(27)20-25-10-6-7-11-28(25)37)12-13-30(23)40-18-8-9-24-14-16-36(17-15-24)32(39)41-33(2,3)4/h6-7,10-13,19,21,24H,8-9,14-18,20,22H2,1-5H3. The fourth-order valence-electron chi connectivity index (χ4n) is 5.79. The normalized spacial score (nSPS) is 15.6. The summed E-state index contributed by atoms with van der Waals surface area (Å²) in [6, 6.07) is 13.8. The number of benzene rings is 2. The number of nitrogens with zero attached hydrogens (tertiary/aromatic N) is 4. The van der Waals surface area contributed by atoms with E-state index in [1.807, 2.05) is 91.8 Å². The Morgan fingerprint density at radius 2 is 1.80 bits per heavy atom. The fraction of sp³-hybridized carbons (Fsp3) is 0.485. The number of rotatable bonds is 6. The molecule has 0 saturated carbocycles. The van der Waals surface area contributed by atoms with Gasteiger partial charge in [-0.3, -0.25) is 9.48 Å². The second-order valence-electron chi connectivity index (χ2n) is 12.3. The van der Waals surface area contributed by atoms with Crippen LogP contribution in [0.25, 0.3) is 0 Å². The van der Waals surface area contributed by atoms with E-state index in [9.17, 15) is 9.59 Å². The van der Waals surface area contributed by atoms with Crippen LogP contribution in [0.3, 0.4) is 0 Å². The van der Waals surface area contributed by atoms with Crippen molar-refractivity contribution in [1.82, 2.24) is 14.7 Å². The predicted octanol–water partition coefficient (Wildman–Crippen LogP) is 6.29. The van der Waals surface area contributed by atoms with E-state index in [0.29, 0.717) is 24.6 Å². The van der Waals surface area contributed by atoms with Crippen LogP contribution < -0.4 is 9.64 Å². The minimum absolute atomic E-state index is 0.0264. The molecule has 2 aliphatic rings. The van der Waals surface area contributed by atoms with Gasteiger partial charge in [-0.05, 0) is 94.7 Å². The number of hydrogen-bond donors (Lipinski definition) is 0. The lowest BCUT2D eigenvalue weighted by molar-refractivity contribution is 0.0179. The molecule has 5 rings (SSSR count). The van der Waals surface area contributed by atoms with Crippen LogP contribution in [-0.2, 0) is 24.8 Å². The molecule has 0 N–H and O–H groups in total. The number of hydrogen-bond acceptors (Lipinski definition) is 5. The van der Waals surface area contributed by atoms with Crippen LogP contribution in [0.4, 0.5) is 10.5 Å². The van der Waals surface area contributed by atoms with E-state index in [-0.39, 0.29) is 12.0 Å². The molecule has 1 saturated heterocycles. The zero-order valence-corrected chi connectivity index (χ0v) is 25.0. The second kappa shape index (κ2) is 12.0. The highest BCUT2D eigenvalue weighted by Gasteiger charge is 2.28. The Labute approximate surface area is 243 Å². The number of piperidine rings is 1. The molecule has 2 aromatic carbocycles. The summed E-state index contributed by atoms with van der Waals surface area (Å²) in [4.78, 5) is 29.8. The molecule has 8 nitrogen and oxygen atoms in total. The highest BCUT2D eigenvalue weighted by atomic mass is 16.6. The first kappa shape index (κ1) is 28.7. The maximum absolute atomic E-state index is 13.8. The van der Waals surface area contributed by atoms with E-state index in [1.54, 1.807) is 0 Å². The summed E-state index contributed by atoms with van der Waals surface area (Å²) in [6.07, 6.45) is 6.43. The van der Waals surface area contributed by atoms with Gasteiger partial charge in [0.15, 0.2) is 0 Å². The number of para-hydroxylation sites is 1. The van der Waals surface area contributed by atoms with Crippen LogP contribution in [0.2, 0.25) is 0 Å². The van der Waals surface area contributed by atoms with Crippen LogP contribution in [0.5, 0.6) is 5.75 Å². The molecule has 0 unspecified atom stereocenters.